The van der Waals surface area contributed by atoms with Gasteiger partial charge < -0.3 is 20.1 Å². The van der Waals surface area contributed by atoms with E-state index in [9.17, 15) is 0 Å². The summed E-state index contributed by atoms with van der Waals surface area (Å²) in [5, 5.41) is 0. The van der Waals surface area contributed by atoms with Gasteiger partial charge in [0, 0.05) is 32.2 Å². The number of ether oxygens (including phenoxy) is 2. The highest BCUT2D eigenvalue weighted by molar-refractivity contribution is 5.04. The number of likely N-dealkylation sites (N-methyl/N-ethyl adjacent to an activating group) is 1. The SMILES string of the molecule is CCN(CCOC)CC1C(N)C(C)(C)OC1(C)C. The van der Waals surface area contributed by atoms with Crippen molar-refractivity contribution in [3.8, 4) is 0 Å². The second kappa shape index (κ2) is 5.87. The molecule has 0 saturated carbocycles. The van der Waals surface area contributed by atoms with Crippen molar-refractivity contribution in [2.24, 2.45) is 11.7 Å². The first-order valence-electron chi connectivity index (χ1n) is 6.91. The Morgan fingerprint density at radius 2 is 1.83 bits per heavy atom. The number of rotatable bonds is 6. The molecule has 4 nitrogen and oxygen atoms in total. The van der Waals surface area contributed by atoms with E-state index in [-0.39, 0.29) is 17.2 Å². The summed E-state index contributed by atoms with van der Waals surface area (Å²) < 4.78 is 11.3. The molecule has 1 saturated heterocycles. The van der Waals surface area contributed by atoms with E-state index in [0.717, 1.165) is 26.2 Å². The molecular formula is C14H30N2O2. The first kappa shape index (κ1) is 15.9. The summed E-state index contributed by atoms with van der Waals surface area (Å²) in [6.45, 7) is 14.4. The quantitative estimate of drug-likeness (QED) is 0.784. The Balaban J connectivity index is 2.69. The highest BCUT2D eigenvalue weighted by Gasteiger charge is 2.52. The average Bonchev–Trinajstić information content (AvgIpc) is 2.41. The normalized spacial score (nSPS) is 30.0. The molecule has 0 radical (unpaired) electrons. The fourth-order valence-electron chi connectivity index (χ4n) is 2.95. The van der Waals surface area contributed by atoms with E-state index in [0.29, 0.717) is 5.92 Å². The van der Waals surface area contributed by atoms with Gasteiger partial charge in [-0.15, -0.1) is 0 Å². The van der Waals surface area contributed by atoms with Gasteiger partial charge in [-0.3, -0.25) is 0 Å². The van der Waals surface area contributed by atoms with Gasteiger partial charge in [0.15, 0.2) is 0 Å². The van der Waals surface area contributed by atoms with Gasteiger partial charge in [-0.1, -0.05) is 6.92 Å². The summed E-state index contributed by atoms with van der Waals surface area (Å²) in [6, 6.07) is 0.0732. The smallest absolute Gasteiger partial charge is 0.0788 e. The van der Waals surface area contributed by atoms with Crippen LogP contribution in [0.25, 0.3) is 0 Å². The maximum atomic E-state index is 6.38. The molecule has 1 aliphatic rings. The van der Waals surface area contributed by atoms with E-state index >= 15 is 0 Å². The molecule has 0 aromatic carbocycles. The molecule has 1 aliphatic heterocycles. The van der Waals surface area contributed by atoms with Crippen LogP contribution < -0.4 is 5.73 Å². The Kier molecular flexibility index (Phi) is 5.18. The van der Waals surface area contributed by atoms with Crippen LogP contribution in [-0.2, 0) is 9.47 Å². The third kappa shape index (κ3) is 3.44. The summed E-state index contributed by atoms with van der Waals surface area (Å²) in [5.74, 6) is 0.351. The van der Waals surface area contributed by atoms with E-state index < -0.39 is 0 Å². The summed E-state index contributed by atoms with van der Waals surface area (Å²) >= 11 is 0. The van der Waals surface area contributed by atoms with E-state index in [2.05, 4.69) is 39.5 Å². The fraction of sp³-hybridized carbons (Fsp3) is 1.00. The predicted molar refractivity (Wildman–Crippen MR) is 74.7 cm³/mol. The van der Waals surface area contributed by atoms with Crippen LogP contribution in [0.1, 0.15) is 34.6 Å². The van der Waals surface area contributed by atoms with Gasteiger partial charge in [0.05, 0.1) is 17.8 Å². The molecule has 0 aromatic heterocycles. The zero-order valence-corrected chi connectivity index (χ0v) is 12.8. The molecule has 2 atom stereocenters. The van der Waals surface area contributed by atoms with E-state index in [4.69, 9.17) is 15.2 Å². The summed E-state index contributed by atoms with van der Waals surface area (Å²) in [4.78, 5) is 2.39. The number of nitrogens with two attached hydrogens (primary N) is 1. The fourth-order valence-corrected chi connectivity index (χ4v) is 2.95. The average molecular weight is 258 g/mol. The maximum Gasteiger partial charge on any atom is 0.0788 e. The monoisotopic (exact) mass is 258 g/mol. The Morgan fingerprint density at radius 3 is 2.22 bits per heavy atom. The van der Waals surface area contributed by atoms with Crippen LogP contribution in [0.5, 0.6) is 0 Å². The van der Waals surface area contributed by atoms with Gasteiger partial charge in [0.2, 0.25) is 0 Å². The molecular weight excluding hydrogens is 228 g/mol. The second-order valence-electron chi connectivity index (χ2n) is 6.33. The Morgan fingerprint density at radius 1 is 1.22 bits per heavy atom. The van der Waals surface area contributed by atoms with E-state index in [1.165, 1.54) is 0 Å². The summed E-state index contributed by atoms with van der Waals surface area (Å²) in [5.41, 5.74) is 5.98. The summed E-state index contributed by atoms with van der Waals surface area (Å²) in [7, 11) is 1.74. The highest BCUT2D eigenvalue weighted by Crippen LogP contribution is 2.41. The minimum atomic E-state index is -0.241. The highest BCUT2D eigenvalue weighted by atomic mass is 16.5. The van der Waals surface area contributed by atoms with E-state index in [1.54, 1.807) is 7.11 Å². The van der Waals surface area contributed by atoms with Gasteiger partial charge in [-0.2, -0.15) is 0 Å². The van der Waals surface area contributed by atoms with Crippen LogP contribution in [0.3, 0.4) is 0 Å². The number of hydrogen-bond acceptors (Lipinski definition) is 4. The zero-order valence-electron chi connectivity index (χ0n) is 12.8. The van der Waals surface area contributed by atoms with Gasteiger partial charge in [0.25, 0.3) is 0 Å². The third-order valence-corrected chi connectivity index (χ3v) is 4.17. The van der Waals surface area contributed by atoms with Crippen LogP contribution in [0.4, 0.5) is 0 Å². The van der Waals surface area contributed by atoms with Crippen molar-refractivity contribution in [2.75, 3.05) is 33.4 Å². The van der Waals surface area contributed by atoms with Gasteiger partial charge in [0.1, 0.15) is 0 Å². The first-order chi connectivity index (χ1) is 8.24. The minimum Gasteiger partial charge on any atom is -0.383 e. The minimum absolute atomic E-state index is 0.0732. The standard InChI is InChI=1S/C14H30N2O2/c1-7-16(8-9-17-6)10-11-12(15)14(4,5)18-13(11,2)3/h11-12H,7-10,15H2,1-6H3. The van der Waals surface area contributed by atoms with Crippen LogP contribution >= 0.6 is 0 Å². The van der Waals surface area contributed by atoms with Crippen LogP contribution in [-0.4, -0.2) is 55.5 Å². The lowest BCUT2D eigenvalue weighted by molar-refractivity contribution is -0.0786. The maximum absolute atomic E-state index is 6.38. The third-order valence-electron chi connectivity index (χ3n) is 4.17. The van der Waals surface area contributed by atoms with Gasteiger partial charge in [-0.25, -0.2) is 0 Å². The zero-order chi connectivity index (χ0) is 14.0. The molecule has 108 valence electrons. The Labute approximate surface area is 112 Å². The largest absolute Gasteiger partial charge is 0.383 e. The van der Waals surface area contributed by atoms with Gasteiger partial charge in [-0.05, 0) is 34.2 Å². The van der Waals surface area contributed by atoms with Crippen molar-refractivity contribution in [1.82, 2.24) is 4.90 Å². The molecule has 2 unspecified atom stereocenters. The molecule has 4 heteroatoms. The lowest BCUT2D eigenvalue weighted by Gasteiger charge is -2.32. The second-order valence-corrected chi connectivity index (χ2v) is 6.33. The van der Waals surface area contributed by atoms with Crippen molar-refractivity contribution < 1.29 is 9.47 Å². The number of methoxy groups -OCH3 is 1. The molecule has 0 bridgehead atoms. The van der Waals surface area contributed by atoms with Crippen molar-refractivity contribution in [1.29, 1.82) is 0 Å². The van der Waals surface area contributed by atoms with Crippen molar-refractivity contribution in [2.45, 2.75) is 51.9 Å². The molecule has 2 N–H and O–H groups in total. The molecule has 1 heterocycles. The molecule has 0 aromatic rings. The molecule has 0 aliphatic carbocycles. The van der Waals surface area contributed by atoms with Crippen LogP contribution in [0.15, 0.2) is 0 Å². The van der Waals surface area contributed by atoms with Crippen molar-refractivity contribution in [3.63, 3.8) is 0 Å². The molecule has 18 heavy (non-hydrogen) atoms. The first-order valence-corrected chi connectivity index (χ1v) is 6.91. The summed E-state index contributed by atoms with van der Waals surface area (Å²) in [6.07, 6.45) is 0. The lowest BCUT2D eigenvalue weighted by atomic mass is 9.82. The van der Waals surface area contributed by atoms with Crippen LogP contribution in [0.2, 0.25) is 0 Å². The predicted octanol–water partition coefficient (Wildman–Crippen LogP) is 1.49. The number of nitrogens with zero attached hydrogens (tertiary/aromatic N) is 1. The van der Waals surface area contributed by atoms with Crippen LogP contribution in [0, 0.1) is 5.92 Å². The van der Waals surface area contributed by atoms with Gasteiger partial charge >= 0.3 is 0 Å². The lowest BCUT2D eigenvalue weighted by Crippen LogP contribution is -2.48. The Hall–Kier alpha value is -0.160. The molecule has 0 amide bonds. The molecule has 1 rings (SSSR count). The van der Waals surface area contributed by atoms with Crippen molar-refractivity contribution >= 4 is 0 Å². The Bertz CT molecular complexity index is 267. The van der Waals surface area contributed by atoms with Crippen molar-refractivity contribution in [3.05, 3.63) is 0 Å². The molecule has 1 fully saturated rings. The molecule has 0 spiro atoms. The van der Waals surface area contributed by atoms with E-state index in [1.807, 2.05) is 0 Å². The topological polar surface area (TPSA) is 47.7 Å². The number of hydrogen-bond donors (Lipinski definition) is 1.